The molecule has 146 valence electrons. The fourth-order valence-electron chi connectivity index (χ4n) is 6.12. The van der Waals surface area contributed by atoms with E-state index in [1.54, 1.807) is 36.4 Å². The van der Waals surface area contributed by atoms with E-state index in [9.17, 15) is 16.8 Å². The molecule has 4 nitrogen and oxygen atoms in total. The van der Waals surface area contributed by atoms with Crippen LogP contribution in [0.4, 0.5) is 0 Å². The molecule has 0 N–H and O–H groups in total. The van der Waals surface area contributed by atoms with E-state index in [4.69, 9.17) is 0 Å². The monoisotopic (exact) mass is 414 g/mol. The molecule has 28 heavy (non-hydrogen) atoms. The number of allylic oxidation sites excluding steroid dienone is 2. The third-order valence-corrected chi connectivity index (χ3v) is 13.2. The van der Waals surface area contributed by atoms with Crippen LogP contribution in [0.25, 0.3) is 0 Å². The van der Waals surface area contributed by atoms with Crippen LogP contribution >= 0.6 is 0 Å². The Labute approximate surface area is 166 Å². The summed E-state index contributed by atoms with van der Waals surface area (Å²) in [4.78, 5) is 0.179. The van der Waals surface area contributed by atoms with Crippen molar-refractivity contribution in [2.24, 2.45) is 29.6 Å². The second kappa shape index (κ2) is 5.80. The first kappa shape index (κ1) is 18.1. The number of hydrogen-bond donors (Lipinski definition) is 0. The fourth-order valence-corrected chi connectivity index (χ4v) is 12.3. The van der Waals surface area contributed by atoms with E-state index in [-0.39, 0.29) is 27.5 Å². The van der Waals surface area contributed by atoms with Crippen LogP contribution < -0.4 is 0 Å². The van der Waals surface area contributed by atoms with Gasteiger partial charge >= 0.3 is 0 Å². The largest absolute Gasteiger partial charge is 0.222 e. The van der Waals surface area contributed by atoms with E-state index in [0.29, 0.717) is 0 Å². The second-order valence-electron chi connectivity index (χ2n) is 8.19. The lowest BCUT2D eigenvalue weighted by Crippen LogP contribution is -2.70. The molecule has 3 aliphatic carbocycles. The first-order valence-corrected chi connectivity index (χ1v) is 12.6. The maximum atomic E-state index is 14.0. The fraction of sp³-hybridized carbons (Fsp3) is 0.364. The molecule has 3 aliphatic rings. The number of fused-ring (bicyclic) bond motifs is 5. The Morgan fingerprint density at radius 3 is 1.71 bits per heavy atom. The molecule has 0 amide bonds. The Balaban J connectivity index is 1.80. The zero-order chi connectivity index (χ0) is 19.7. The minimum absolute atomic E-state index is 0.00294. The van der Waals surface area contributed by atoms with Crippen LogP contribution in [0.3, 0.4) is 0 Å². The summed E-state index contributed by atoms with van der Waals surface area (Å²) in [5.74, 6) is -0.467. The molecule has 0 saturated heterocycles. The molecular formula is C22H22O4S2. The maximum Gasteiger partial charge on any atom is 0.199 e. The van der Waals surface area contributed by atoms with Gasteiger partial charge in [0.25, 0.3) is 0 Å². The van der Waals surface area contributed by atoms with Crippen molar-refractivity contribution in [1.82, 2.24) is 0 Å². The van der Waals surface area contributed by atoms with Gasteiger partial charge in [-0.15, -0.1) is 0 Å². The second-order valence-corrected chi connectivity index (χ2v) is 12.8. The maximum absolute atomic E-state index is 14.0. The van der Waals surface area contributed by atoms with Crippen molar-refractivity contribution in [1.29, 1.82) is 0 Å². The van der Waals surface area contributed by atoms with Crippen LogP contribution in [0.15, 0.2) is 82.6 Å². The van der Waals surface area contributed by atoms with Gasteiger partial charge in [0.1, 0.15) is 0 Å². The summed E-state index contributed by atoms with van der Waals surface area (Å²) in [7, 11) is -8.23. The molecule has 0 radical (unpaired) electrons. The van der Waals surface area contributed by atoms with Crippen molar-refractivity contribution in [3.05, 3.63) is 72.8 Å². The highest BCUT2D eigenvalue weighted by Gasteiger charge is 2.79. The van der Waals surface area contributed by atoms with E-state index in [2.05, 4.69) is 6.08 Å². The van der Waals surface area contributed by atoms with Gasteiger partial charge in [-0.1, -0.05) is 55.5 Å². The Kier molecular flexibility index (Phi) is 3.75. The van der Waals surface area contributed by atoms with Gasteiger partial charge in [0, 0.05) is 5.92 Å². The SMILES string of the molecule is C[C@@H]1[C@@H]2[C@@H]([C@H]3C=C[C@@H]2C3)C1(S(=O)(=O)c1ccccc1)S(=O)(=O)c1ccccc1. The van der Waals surface area contributed by atoms with Crippen LogP contribution in [0.1, 0.15) is 13.3 Å². The molecule has 0 aliphatic heterocycles. The first-order valence-electron chi connectivity index (χ1n) is 9.61. The highest BCUT2D eigenvalue weighted by Crippen LogP contribution is 2.71. The van der Waals surface area contributed by atoms with Gasteiger partial charge in [0.15, 0.2) is 23.8 Å². The lowest BCUT2D eigenvalue weighted by atomic mass is 9.60. The summed E-state index contributed by atoms with van der Waals surface area (Å²) in [6, 6.07) is 16.1. The number of rotatable bonds is 4. The predicted octanol–water partition coefficient (Wildman–Crippen LogP) is 3.72. The molecular weight excluding hydrogens is 392 g/mol. The lowest BCUT2D eigenvalue weighted by molar-refractivity contribution is 0.0548. The quantitative estimate of drug-likeness (QED) is 0.715. The summed E-state index contributed by atoms with van der Waals surface area (Å²) >= 11 is 0. The summed E-state index contributed by atoms with van der Waals surface area (Å²) in [6.45, 7) is 1.82. The first-order chi connectivity index (χ1) is 13.3. The van der Waals surface area contributed by atoms with Crippen molar-refractivity contribution in [3.63, 3.8) is 0 Å². The van der Waals surface area contributed by atoms with Crippen molar-refractivity contribution in [2.75, 3.05) is 0 Å². The van der Waals surface area contributed by atoms with E-state index >= 15 is 0 Å². The average Bonchev–Trinajstić information content (AvgIpc) is 3.28. The molecule has 2 aromatic rings. The van der Waals surface area contributed by atoms with Crippen molar-refractivity contribution < 1.29 is 16.8 Å². The topological polar surface area (TPSA) is 68.3 Å². The average molecular weight is 415 g/mol. The van der Waals surface area contributed by atoms with Gasteiger partial charge in [-0.05, 0) is 54.4 Å². The van der Waals surface area contributed by atoms with Gasteiger partial charge in [0.05, 0.1) is 9.79 Å². The minimum Gasteiger partial charge on any atom is -0.222 e. The molecule has 0 aromatic heterocycles. The molecule has 5 atom stereocenters. The summed E-state index contributed by atoms with van der Waals surface area (Å²) in [6.07, 6.45) is 5.04. The van der Waals surface area contributed by atoms with Crippen molar-refractivity contribution in [2.45, 2.75) is 27.2 Å². The van der Waals surface area contributed by atoms with Gasteiger partial charge in [-0.2, -0.15) is 0 Å². The zero-order valence-electron chi connectivity index (χ0n) is 15.5. The number of hydrogen-bond acceptors (Lipinski definition) is 4. The summed E-state index contributed by atoms with van der Waals surface area (Å²) in [5.41, 5.74) is 0. The highest BCUT2D eigenvalue weighted by atomic mass is 32.3. The molecule has 5 rings (SSSR count). The lowest BCUT2D eigenvalue weighted by Gasteiger charge is -2.59. The molecule has 2 saturated carbocycles. The molecule has 0 spiro atoms. The Bertz CT molecular complexity index is 1080. The molecule has 2 aromatic carbocycles. The molecule has 0 heterocycles. The van der Waals surface area contributed by atoms with E-state index in [1.807, 2.05) is 13.0 Å². The van der Waals surface area contributed by atoms with Gasteiger partial charge in [0.2, 0.25) is 0 Å². The molecule has 6 heteroatoms. The van der Waals surface area contributed by atoms with Crippen molar-refractivity contribution >= 4 is 19.7 Å². The third kappa shape index (κ3) is 1.95. The Morgan fingerprint density at radius 1 is 0.750 bits per heavy atom. The number of sulfone groups is 2. The normalized spacial score (nSPS) is 32.7. The van der Waals surface area contributed by atoms with Crippen LogP contribution in [-0.2, 0) is 19.7 Å². The Morgan fingerprint density at radius 2 is 1.21 bits per heavy atom. The van der Waals surface area contributed by atoms with Gasteiger partial charge in [-0.3, -0.25) is 0 Å². The summed E-state index contributed by atoms with van der Waals surface area (Å²) in [5, 5.41) is 0. The van der Waals surface area contributed by atoms with Crippen LogP contribution in [0, 0.1) is 29.6 Å². The minimum atomic E-state index is -4.12. The smallest absolute Gasteiger partial charge is 0.199 e. The van der Waals surface area contributed by atoms with Crippen LogP contribution in [0.5, 0.6) is 0 Å². The predicted molar refractivity (Wildman–Crippen MR) is 107 cm³/mol. The van der Waals surface area contributed by atoms with E-state index < -0.39 is 35.6 Å². The standard InChI is InChI=1S/C22H22O4S2/c1-15-20-16-12-13-17(14-16)21(20)22(15,27(23,24)18-8-4-2-5-9-18)28(25,26)19-10-6-3-7-11-19/h2-13,15-17,20-21H,14H2,1H3/t15-,16-,17+,20+,21-/m1/s1. The van der Waals surface area contributed by atoms with Crippen LogP contribution in [-0.4, -0.2) is 20.9 Å². The molecule has 0 unspecified atom stereocenters. The Hall–Kier alpha value is -1.92. The van der Waals surface area contributed by atoms with Gasteiger partial charge in [-0.25, -0.2) is 16.8 Å². The summed E-state index contributed by atoms with van der Waals surface area (Å²) < 4.78 is 54.1. The highest BCUT2D eigenvalue weighted by molar-refractivity contribution is 8.10. The van der Waals surface area contributed by atoms with Crippen molar-refractivity contribution in [3.8, 4) is 0 Å². The van der Waals surface area contributed by atoms with E-state index in [0.717, 1.165) is 6.42 Å². The van der Waals surface area contributed by atoms with Gasteiger partial charge < -0.3 is 0 Å². The van der Waals surface area contributed by atoms with Crippen LogP contribution in [0.2, 0.25) is 0 Å². The molecule has 2 bridgehead atoms. The molecule has 2 fully saturated rings. The van der Waals surface area contributed by atoms with E-state index in [1.165, 1.54) is 24.3 Å². The number of benzene rings is 2. The zero-order valence-corrected chi connectivity index (χ0v) is 17.1. The third-order valence-electron chi connectivity index (χ3n) is 7.14.